The first-order chi connectivity index (χ1) is 4.09. The highest BCUT2D eigenvalue weighted by Gasteiger charge is 2.09. The second kappa shape index (κ2) is 5.92. The number of hydrogen-bond donors (Lipinski definition) is 0. The second-order valence-electron chi connectivity index (χ2n) is 2.93. The van der Waals surface area contributed by atoms with Gasteiger partial charge in [-0.25, -0.2) is 0 Å². The van der Waals surface area contributed by atoms with Crippen molar-refractivity contribution in [1.82, 2.24) is 4.90 Å². The Morgan fingerprint density at radius 3 is 1.40 bits per heavy atom. The normalized spacial score (nSPS) is 10.8. The van der Waals surface area contributed by atoms with Crippen molar-refractivity contribution in [1.29, 1.82) is 0 Å². The Morgan fingerprint density at radius 2 is 1.40 bits per heavy atom. The van der Waals surface area contributed by atoms with Crippen LogP contribution in [-0.2, 0) is 0 Å². The minimum absolute atomic E-state index is 0. The van der Waals surface area contributed by atoms with Crippen molar-refractivity contribution in [3.05, 3.63) is 6.92 Å². The molecule has 0 bridgehead atoms. The van der Waals surface area contributed by atoms with Crippen LogP contribution in [-0.4, -0.2) is 34.5 Å². The zero-order chi connectivity index (χ0) is 7.44. The summed E-state index contributed by atoms with van der Waals surface area (Å²) in [6, 6.07) is 1.25. The summed E-state index contributed by atoms with van der Waals surface area (Å²) in [5.74, 6) is 0. The quantitative estimate of drug-likeness (QED) is 0.543. The van der Waals surface area contributed by atoms with E-state index in [0.29, 0.717) is 12.1 Å². The molecular formula is C8H22NSi. The predicted octanol–water partition coefficient (Wildman–Crippen LogP) is 0.488. The molecule has 0 spiro atoms. The van der Waals surface area contributed by atoms with Crippen molar-refractivity contribution in [2.45, 2.75) is 39.8 Å². The minimum Gasteiger partial charge on any atom is -0.299 e. The van der Waals surface area contributed by atoms with Crippen LogP contribution < -0.4 is 0 Å². The van der Waals surface area contributed by atoms with Crippen molar-refractivity contribution in [2.24, 2.45) is 0 Å². The molecule has 0 saturated carbocycles. The van der Waals surface area contributed by atoms with Gasteiger partial charge in [-0.1, -0.05) is 0 Å². The van der Waals surface area contributed by atoms with Gasteiger partial charge in [0.2, 0.25) is 0 Å². The van der Waals surface area contributed by atoms with E-state index in [0.717, 1.165) is 6.54 Å². The van der Waals surface area contributed by atoms with E-state index in [4.69, 9.17) is 0 Å². The maximum absolute atomic E-state index is 3.85. The van der Waals surface area contributed by atoms with Gasteiger partial charge < -0.3 is 0 Å². The third-order valence-corrected chi connectivity index (χ3v) is 1.58. The summed E-state index contributed by atoms with van der Waals surface area (Å²) in [5.41, 5.74) is 0. The topological polar surface area (TPSA) is 3.24 Å². The fourth-order valence-electron chi connectivity index (χ4n) is 1.11. The molecule has 0 fully saturated rings. The lowest BCUT2D eigenvalue weighted by Gasteiger charge is -2.28. The Labute approximate surface area is 69.8 Å². The van der Waals surface area contributed by atoms with E-state index in [-0.39, 0.29) is 11.0 Å². The second-order valence-corrected chi connectivity index (χ2v) is 2.93. The molecule has 0 atom stereocenters. The van der Waals surface area contributed by atoms with E-state index in [1.165, 1.54) is 0 Å². The lowest BCUT2D eigenvalue weighted by molar-refractivity contribution is 0.195. The van der Waals surface area contributed by atoms with Crippen LogP contribution in [0.4, 0.5) is 0 Å². The fraction of sp³-hybridized carbons (Fsp3) is 0.875. The Kier molecular flexibility index (Phi) is 7.59. The van der Waals surface area contributed by atoms with Crippen molar-refractivity contribution in [2.75, 3.05) is 6.54 Å². The Bertz CT molecular complexity index is 63.7. The Balaban J connectivity index is 0. The van der Waals surface area contributed by atoms with Gasteiger partial charge in [-0.15, -0.1) is 0 Å². The summed E-state index contributed by atoms with van der Waals surface area (Å²) >= 11 is 0. The molecule has 0 aliphatic rings. The zero-order valence-corrected chi connectivity index (χ0v) is 7.02. The first kappa shape index (κ1) is 12.8. The standard InChI is InChI=1S/C8H18N.H4Si/c1-6-9(7(2)3)8(4)5;/h7-8H,1,6H2,2-5H3;1H4. The molecule has 0 N–H and O–H groups in total. The SMILES string of the molecule is [CH2]CN(C(C)C)C(C)C.[SiH4]. The molecular weight excluding hydrogens is 138 g/mol. The van der Waals surface area contributed by atoms with Crippen molar-refractivity contribution >= 4 is 11.0 Å². The lowest BCUT2D eigenvalue weighted by atomic mass is 10.2. The molecule has 1 radical (unpaired) electrons. The van der Waals surface area contributed by atoms with Crippen LogP contribution in [0.25, 0.3) is 0 Å². The third-order valence-electron chi connectivity index (χ3n) is 1.58. The lowest BCUT2D eigenvalue weighted by Crippen LogP contribution is -2.36. The van der Waals surface area contributed by atoms with Gasteiger partial charge in [0, 0.05) is 12.1 Å². The monoisotopic (exact) mass is 160 g/mol. The predicted molar refractivity (Wildman–Crippen MR) is 53.7 cm³/mol. The van der Waals surface area contributed by atoms with Crippen LogP contribution in [0.15, 0.2) is 0 Å². The van der Waals surface area contributed by atoms with Crippen molar-refractivity contribution < 1.29 is 0 Å². The highest BCUT2D eigenvalue weighted by atomic mass is 28.1. The van der Waals surface area contributed by atoms with E-state index < -0.39 is 0 Å². The summed E-state index contributed by atoms with van der Waals surface area (Å²) in [6.07, 6.45) is 0. The third kappa shape index (κ3) is 4.07. The van der Waals surface area contributed by atoms with Gasteiger partial charge in [0.05, 0.1) is 0 Å². The van der Waals surface area contributed by atoms with Gasteiger partial charge in [-0.3, -0.25) is 4.90 Å². The van der Waals surface area contributed by atoms with Gasteiger partial charge in [0.15, 0.2) is 0 Å². The molecule has 0 aliphatic heterocycles. The smallest absolute Gasteiger partial charge is 0.00412 e. The molecule has 0 aromatic carbocycles. The minimum atomic E-state index is 0. The molecule has 0 saturated heterocycles. The van der Waals surface area contributed by atoms with Crippen LogP contribution in [0.2, 0.25) is 0 Å². The van der Waals surface area contributed by atoms with E-state index in [9.17, 15) is 0 Å². The van der Waals surface area contributed by atoms with Crippen molar-refractivity contribution in [3.8, 4) is 0 Å². The number of rotatable bonds is 3. The van der Waals surface area contributed by atoms with E-state index in [2.05, 4.69) is 39.5 Å². The molecule has 2 heteroatoms. The molecule has 0 heterocycles. The highest BCUT2D eigenvalue weighted by Crippen LogP contribution is 2.02. The first-order valence-corrected chi connectivity index (χ1v) is 3.64. The van der Waals surface area contributed by atoms with Gasteiger partial charge in [0.25, 0.3) is 0 Å². The van der Waals surface area contributed by atoms with Crippen LogP contribution in [0.3, 0.4) is 0 Å². The summed E-state index contributed by atoms with van der Waals surface area (Å²) < 4.78 is 0. The summed E-state index contributed by atoms with van der Waals surface area (Å²) in [7, 11) is 0. The van der Waals surface area contributed by atoms with Gasteiger partial charge in [0.1, 0.15) is 0 Å². The molecule has 63 valence electrons. The average Bonchev–Trinajstić information content (AvgIpc) is 1.64. The van der Waals surface area contributed by atoms with E-state index in [1.807, 2.05) is 0 Å². The van der Waals surface area contributed by atoms with Crippen LogP contribution in [0, 0.1) is 6.92 Å². The molecule has 0 aliphatic carbocycles. The summed E-state index contributed by atoms with van der Waals surface area (Å²) in [4.78, 5) is 2.35. The Hall–Kier alpha value is 0.177. The van der Waals surface area contributed by atoms with E-state index in [1.54, 1.807) is 0 Å². The van der Waals surface area contributed by atoms with E-state index >= 15 is 0 Å². The van der Waals surface area contributed by atoms with Gasteiger partial charge in [-0.05, 0) is 52.1 Å². The van der Waals surface area contributed by atoms with Crippen LogP contribution in [0.1, 0.15) is 27.7 Å². The maximum atomic E-state index is 3.85. The molecule has 0 aromatic heterocycles. The molecule has 0 amide bonds. The average molecular weight is 160 g/mol. The summed E-state index contributed by atoms with van der Waals surface area (Å²) in [6.45, 7) is 13.6. The molecule has 0 rings (SSSR count). The first-order valence-electron chi connectivity index (χ1n) is 3.64. The van der Waals surface area contributed by atoms with Crippen LogP contribution >= 0.6 is 0 Å². The number of hydrogen-bond acceptors (Lipinski definition) is 1. The molecule has 0 unspecified atom stereocenters. The highest BCUT2D eigenvalue weighted by molar-refractivity contribution is 5.75. The zero-order valence-electron chi connectivity index (χ0n) is 7.02. The van der Waals surface area contributed by atoms with Gasteiger partial charge in [-0.2, -0.15) is 0 Å². The van der Waals surface area contributed by atoms with Crippen LogP contribution in [0.5, 0.6) is 0 Å². The molecule has 10 heavy (non-hydrogen) atoms. The largest absolute Gasteiger partial charge is 0.299 e. The number of nitrogens with zero attached hydrogens (tertiary/aromatic N) is 1. The molecule has 0 aromatic rings. The maximum Gasteiger partial charge on any atom is 0.00412 e. The summed E-state index contributed by atoms with van der Waals surface area (Å²) in [5, 5.41) is 0. The van der Waals surface area contributed by atoms with Gasteiger partial charge >= 0.3 is 0 Å². The molecule has 1 nitrogen and oxygen atoms in total. The Morgan fingerprint density at radius 1 is 1.10 bits per heavy atom. The van der Waals surface area contributed by atoms with Crippen molar-refractivity contribution in [3.63, 3.8) is 0 Å². The fourth-order valence-corrected chi connectivity index (χ4v) is 1.11.